The van der Waals surface area contributed by atoms with Crippen molar-refractivity contribution in [1.82, 2.24) is 8.80 Å². The molecule has 0 aliphatic rings. The van der Waals surface area contributed by atoms with Gasteiger partial charge in [-0.25, -0.2) is 0 Å². The molecular formula is C48H27N3OS. The fourth-order valence-electron chi connectivity index (χ4n) is 9.17. The fraction of sp³-hybridized carbons (Fsp3) is 0. The van der Waals surface area contributed by atoms with Gasteiger partial charge in [-0.2, -0.15) is 0 Å². The van der Waals surface area contributed by atoms with E-state index in [1.165, 1.54) is 69.3 Å². The maximum absolute atomic E-state index is 6.30. The molecule has 5 aromatic heterocycles. The van der Waals surface area contributed by atoms with Crippen LogP contribution >= 0.6 is 11.3 Å². The largest absolute Gasteiger partial charge is 0.456 e. The van der Waals surface area contributed by atoms with Crippen LogP contribution in [0.25, 0.3) is 96.8 Å². The lowest BCUT2D eigenvalue weighted by Gasteiger charge is -2.26. The van der Waals surface area contributed by atoms with Gasteiger partial charge in [0.2, 0.25) is 0 Å². The van der Waals surface area contributed by atoms with E-state index in [1.54, 1.807) is 0 Å². The van der Waals surface area contributed by atoms with Crippen LogP contribution in [0.1, 0.15) is 0 Å². The zero-order valence-electron chi connectivity index (χ0n) is 28.2. The van der Waals surface area contributed by atoms with Crippen molar-refractivity contribution in [2.75, 3.05) is 4.90 Å². The Morgan fingerprint density at radius 3 is 1.68 bits per heavy atom. The van der Waals surface area contributed by atoms with E-state index >= 15 is 0 Å². The van der Waals surface area contributed by atoms with E-state index < -0.39 is 0 Å². The van der Waals surface area contributed by atoms with Gasteiger partial charge in [-0.1, -0.05) is 84.9 Å². The molecule has 0 amide bonds. The second-order valence-electron chi connectivity index (χ2n) is 14.1. The highest BCUT2D eigenvalue weighted by Gasteiger charge is 2.23. The summed E-state index contributed by atoms with van der Waals surface area (Å²) in [6.45, 7) is 0. The topological polar surface area (TPSA) is 25.2 Å². The van der Waals surface area contributed by atoms with Crippen molar-refractivity contribution in [3.05, 3.63) is 164 Å². The molecular weight excluding hydrogens is 667 g/mol. The van der Waals surface area contributed by atoms with Gasteiger partial charge in [0.05, 0.1) is 33.1 Å². The molecule has 13 rings (SSSR count). The monoisotopic (exact) mass is 693 g/mol. The molecule has 4 nitrogen and oxygen atoms in total. The van der Waals surface area contributed by atoms with Crippen LogP contribution in [0, 0.1) is 0 Å². The number of rotatable bonds is 3. The first kappa shape index (κ1) is 27.8. The van der Waals surface area contributed by atoms with E-state index in [0.717, 1.165) is 44.5 Å². The minimum atomic E-state index is 0.890. The highest BCUT2D eigenvalue weighted by atomic mass is 32.1. The molecule has 0 N–H and O–H groups in total. The molecule has 53 heavy (non-hydrogen) atoms. The van der Waals surface area contributed by atoms with E-state index in [1.807, 2.05) is 23.5 Å². The number of nitrogens with zero attached hydrogens (tertiary/aromatic N) is 3. The van der Waals surface area contributed by atoms with Crippen LogP contribution in [-0.4, -0.2) is 8.80 Å². The van der Waals surface area contributed by atoms with Crippen molar-refractivity contribution in [3.63, 3.8) is 0 Å². The van der Waals surface area contributed by atoms with Gasteiger partial charge in [-0.3, -0.25) is 0 Å². The van der Waals surface area contributed by atoms with E-state index in [9.17, 15) is 0 Å². The summed E-state index contributed by atoms with van der Waals surface area (Å²) in [7, 11) is 0. The SMILES string of the molecule is c1ccc2c(c1)oc1ccc(N(c3ccc4sc5ccccc5c4c3)c3ccc4c(c3)n3c5ccccc5c5ccc6c7ccccc7n4c6c53)cc12. The first-order valence-electron chi connectivity index (χ1n) is 18.0. The minimum Gasteiger partial charge on any atom is -0.456 e. The Hall–Kier alpha value is -6.82. The molecule has 0 bridgehead atoms. The number of furan rings is 1. The summed E-state index contributed by atoms with van der Waals surface area (Å²) in [4.78, 5) is 2.42. The lowest BCUT2D eigenvalue weighted by atomic mass is 10.1. The first-order chi connectivity index (χ1) is 26.3. The summed E-state index contributed by atoms with van der Waals surface area (Å²) in [6.07, 6.45) is 0. The van der Waals surface area contributed by atoms with Gasteiger partial charge < -0.3 is 18.1 Å². The smallest absolute Gasteiger partial charge is 0.135 e. The Balaban J connectivity index is 1.16. The molecule has 0 aliphatic carbocycles. The molecule has 0 saturated carbocycles. The van der Waals surface area contributed by atoms with Crippen molar-refractivity contribution in [1.29, 1.82) is 0 Å². The van der Waals surface area contributed by atoms with Crippen molar-refractivity contribution in [2.45, 2.75) is 0 Å². The predicted molar refractivity (Wildman–Crippen MR) is 224 cm³/mol. The second-order valence-corrected chi connectivity index (χ2v) is 15.2. The minimum absolute atomic E-state index is 0.890. The summed E-state index contributed by atoms with van der Waals surface area (Å²) >= 11 is 1.85. The Kier molecular flexibility index (Phi) is 5.22. The molecule has 0 atom stereocenters. The number of thiophene rings is 1. The van der Waals surface area contributed by atoms with Crippen LogP contribution in [-0.2, 0) is 0 Å². The highest BCUT2D eigenvalue weighted by Crippen LogP contribution is 2.46. The van der Waals surface area contributed by atoms with E-state index in [2.05, 4.69) is 165 Å². The molecule has 0 spiro atoms. The van der Waals surface area contributed by atoms with Gasteiger partial charge in [0.25, 0.3) is 0 Å². The van der Waals surface area contributed by atoms with Crippen LogP contribution < -0.4 is 4.90 Å². The highest BCUT2D eigenvalue weighted by molar-refractivity contribution is 7.25. The fourth-order valence-corrected chi connectivity index (χ4v) is 10.3. The van der Waals surface area contributed by atoms with Crippen molar-refractivity contribution in [3.8, 4) is 0 Å². The molecule has 246 valence electrons. The average Bonchev–Trinajstić information content (AvgIpc) is 3.96. The van der Waals surface area contributed by atoms with Gasteiger partial charge in [-0.05, 0) is 78.9 Å². The molecule has 0 aliphatic heterocycles. The summed E-state index contributed by atoms with van der Waals surface area (Å²) < 4.78 is 13.9. The molecule has 0 radical (unpaired) electrons. The van der Waals surface area contributed by atoms with Gasteiger partial charge in [0.15, 0.2) is 0 Å². The third-order valence-electron chi connectivity index (χ3n) is 11.4. The Morgan fingerprint density at radius 1 is 0.358 bits per heavy atom. The summed E-state index contributed by atoms with van der Waals surface area (Å²) in [5.41, 5.74) is 12.4. The molecule has 0 unspecified atom stereocenters. The van der Waals surface area contributed by atoms with Crippen LogP contribution in [0.15, 0.2) is 168 Å². The first-order valence-corrected chi connectivity index (χ1v) is 18.8. The van der Waals surface area contributed by atoms with E-state index in [0.29, 0.717) is 0 Å². The van der Waals surface area contributed by atoms with Crippen LogP contribution in [0.3, 0.4) is 0 Å². The standard InChI is InChI=1S/C48H27N3OS/c1-5-13-39-31(9-1)35-20-21-36-32-10-2-6-14-40(32)51-42-27-30(17-22-41(42)50(39)47(35)48(36)51)49(28-18-23-44-37(25-28)33-11-3-7-15-43(33)52-44)29-19-24-46-38(26-29)34-12-4-8-16-45(34)53-46/h1-27H. The Labute approximate surface area is 305 Å². The molecule has 8 aromatic carbocycles. The van der Waals surface area contributed by atoms with Crippen LogP contribution in [0.5, 0.6) is 0 Å². The summed E-state index contributed by atoms with van der Waals surface area (Å²) in [5.74, 6) is 0. The lowest BCUT2D eigenvalue weighted by Crippen LogP contribution is -2.10. The Morgan fingerprint density at radius 2 is 0.906 bits per heavy atom. The van der Waals surface area contributed by atoms with Crippen molar-refractivity contribution >= 4 is 125 Å². The molecule has 0 saturated heterocycles. The van der Waals surface area contributed by atoms with Gasteiger partial charge in [-0.15, -0.1) is 11.3 Å². The van der Waals surface area contributed by atoms with E-state index in [4.69, 9.17) is 4.42 Å². The zero-order chi connectivity index (χ0) is 34.4. The third-order valence-corrected chi connectivity index (χ3v) is 12.6. The average molecular weight is 694 g/mol. The quantitative estimate of drug-likeness (QED) is 0.172. The molecule has 13 aromatic rings. The number of anilines is 3. The number of fused-ring (bicyclic) bond motifs is 15. The van der Waals surface area contributed by atoms with Crippen LogP contribution in [0.4, 0.5) is 17.1 Å². The predicted octanol–water partition coefficient (Wildman–Crippen LogP) is 14.0. The summed E-state index contributed by atoms with van der Waals surface area (Å²) in [5, 5.41) is 9.89. The normalized spacial score (nSPS) is 12.5. The van der Waals surface area contributed by atoms with Crippen molar-refractivity contribution < 1.29 is 4.42 Å². The number of hydrogen-bond acceptors (Lipinski definition) is 3. The van der Waals surface area contributed by atoms with Gasteiger partial charge in [0.1, 0.15) is 11.2 Å². The number of aromatic nitrogens is 2. The van der Waals surface area contributed by atoms with Gasteiger partial charge >= 0.3 is 0 Å². The molecule has 5 heterocycles. The van der Waals surface area contributed by atoms with E-state index in [-0.39, 0.29) is 0 Å². The maximum atomic E-state index is 6.30. The number of para-hydroxylation sites is 3. The lowest BCUT2D eigenvalue weighted by molar-refractivity contribution is 0.669. The van der Waals surface area contributed by atoms with Crippen LogP contribution in [0.2, 0.25) is 0 Å². The third kappa shape index (κ3) is 3.59. The summed E-state index contributed by atoms with van der Waals surface area (Å²) in [6, 6.07) is 59.9. The number of hydrogen-bond donors (Lipinski definition) is 0. The Bertz CT molecular complexity index is 3540. The maximum Gasteiger partial charge on any atom is 0.135 e. The van der Waals surface area contributed by atoms with Crippen molar-refractivity contribution in [2.24, 2.45) is 0 Å². The molecule has 0 fully saturated rings. The molecule has 5 heteroatoms. The number of benzene rings is 8. The van der Waals surface area contributed by atoms with Gasteiger partial charge in [0, 0.05) is 69.6 Å². The second kappa shape index (κ2) is 9.94. The zero-order valence-corrected chi connectivity index (χ0v) is 29.1.